The molecule has 0 saturated carbocycles. The maximum Gasteiger partial charge on any atom is 0.267 e. The molecule has 0 unspecified atom stereocenters. The Hall–Kier alpha value is -10.2. The van der Waals surface area contributed by atoms with Crippen LogP contribution >= 0.6 is 11.6 Å². The third-order valence-corrected chi connectivity index (χ3v) is 14.9. The van der Waals surface area contributed by atoms with Gasteiger partial charge in [0.1, 0.15) is 56.9 Å². The number of rotatable bonds is 16. The van der Waals surface area contributed by atoms with E-state index in [2.05, 4.69) is 45.5 Å². The van der Waals surface area contributed by atoms with E-state index in [9.17, 15) is 14.4 Å². The van der Waals surface area contributed by atoms with Crippen LogP contribution in [0.5, 0.6) is 0 Å². The molecule has 444 valence electrons. The maximum absolute atomic E-state index is 11.8. The predicted octanol–water partition coefficient (Wildman–Crippen LogP) is 6.13. The molecule has 0 bridgehead atoms. The van der Waals surface area contributed by atoms with Gasteiger partial charge >= 0.3 is 0 Å². The monoisotopic (exact) mass is 1180 g/mol. The summed E-state index contributed by atoms with van der Waals surface area (Å²) in [4.78, 5) is 63.3. The van der Waals surface area contributed by atoms with Crippen molar-refractivity contribution in [3.8, 4) is 68.7 Å². The predicted molar refractivity (Wildman–Crippen MR) is 323 cm³/mol. The number of imidazole rings is 3. The molecule has 0 spiro atoms. The van der Waals surface area contributed by atoms with Gasteiger partial charge in [0.2, 0.25) is 0 Å². The highest BCUT2D eigenvalue weighted by Gasteiger charge is 2.25. The first-order chi connectivity index (χ1) is 41.1. The molecule has 28 nitrogen and oxygen atoms in total. The van der Waals surface area contributed by atoms with Crippen LogP contribution in [-0.4, -0.2) is 134 Å². The third-order valence-electron chi connectivity index (χ3n) is 14.4. The Bertz CT molecular complexity index is 4570. The molecular weight excluding hydrogens is 1120 g/mol. The van der Waals surface area contributed by atoms with Crippen molar-refractivity contribution in [3.05, 3.63) is 107 Å². The maximum atomic E-state index is 11.8. The van der Waals surface area contributed by atoms with Crippen molar-refractivity contribution in [1.29, 1.82) is 0 Å². The van der Waals surface area contributed by atoms with E-state index in [1.165, 1.54) is 0 Å². The fraction of sp³-hybridized carbons (Fsp3) is 0.316. The number of carbonyl (C=O) groups excluding carboxylic acids is 3. The molecule has 86 heavy (non-hydrogen) atoms. The van der Waals surface area contributed by atoms with Crippen LogP contribution < -0.4 is 17.2 Å². The summed E-state index contributed by atoms with van der Waals surface area (Å²) in [5, 5.41) is 29.4. The Morgan fingerprint density at radius 3 is 1.40 bits per heavy atom. The van der Waals surface area contributed by atoms with Gasteiger partial charge < -0.3 is 35.6 Å². The SMILES string of the molecule is CCn1cc(-c2cc(C)nn2CC)nc1-c1nc(C(N)=O)cc2c1cnn2C.CCn1nc(C)c(Cl)c1-c1cn(C)c(-c2nc(C(N)=O)cc3c2cnn3C)n1.COCCCn1nc(C)cc1-c1cn(C)c(-c2nc(C(N)=O)cc3c2cnn3C)n1. The molecule has 0 radical (unpaired) electrons. The van der Waals surface area contributed by atoms with Gasteiger partial charge in [0.25, 0.3) is 17.7 Å². The van der Waals surface area contributed by atoms with Crippen LogP contribution in [0.3, 0.4) is 0 Å². The van der Waals surface area contributed by atoms with Crippen LogP contribution in [0.4, 0.5) is 0 Å². The second kappa shape index (κ2) is 23.8. The van der Waals surface area contributed by atoms with Gasteiger partial charge in [-0.15, -0.1) is 0 Å². The fourth-order valence-corrected chi connectivity index (χ4v) is 10.4. The van der Waals surface area contributed by atoms with Crippen molar-refractivity contribution in [3.63, 3.8) is 0 Å². The van der Waals surface area contributed by atoms with Gasteiger partial charge in [-0.1, -0.05) is 11.6 Å². The smallest absolute Gasteiger partial charge is 0.267 e. The number of nitrogens with two attached hydrogens (primary N) is 3. The zero-order valence-electron chi connectivity index (χ0n) is 49.7. The molecule has 0 aliphatic carbocycles. The molecule has 0 aliphatic rings. The number of primary amides is 3. The van der Waals surface area contributed by atoms with E-state index in [0.717, 1.165) is 97.8 Å². The lowest BCUT2D eigenvalue weighted by Crippen LogP contribution is -2.14. The van der Waals surface area contributed by atoms with Gasteiger partial charge in [-0.2, -0.15) is 30.6 Å². The molecule has 12 aromatic rings. The Kier molecular flexibility index (Phi) is 16.3. The number of nitrogens with zero attached hydrogens (tertiary/aromatic N) is 21. The molecule has 29 heteroatoms. The van der Waals surface area contributed by atoms with E-state index in [4.69, 9.17) is 48.5 Å². The lowest BCUT2D eigenvalue weighted by molar-refractivity contribution is 0.0987. The average Bonchev–Trinajstić information content (AvgIpc) is 2.80. The number of hydrogen-bond donors (Lipinski definition) is 3. The van der Waals surface area contributed by atoms with E-state index >= 15 is 0 Å². The molecule has 12 rings (SSSR count). The summed E-state index contributed by atoms with van der Waals surface area (Å²) in [6.45, 7) is 15.4. The van der Waals surface area contributed by atoms with E-state index in [-0.39, 0.29) is 17.1 Å². The van der Waals surface area contributed by atoms with Crippen LogP contribution in [0.15, 0.2) is 67.5 Å². The molecule has 6 N–H and O–H groups in total. The van der Waals surface area contributed by atoms with Crippen molar-refractivity contribution >= 4 is 62.0 Å². The van der Waals surface area contributed by atoms with Crippen molar-refractivity contribution < 1.29 is 19.1 Å². The topological polar surface area (TPSA) is 338 Å². The first-order valence-electron chi connectivity index (χ1n) is 27.5. The number of amides is 3. The van der Waals surface area contributed by atoms with Gasteiger partial charge in [0, 0.05) is 110 Å². The van der Waals surface area contributed by atoms with Crippen LogP contribution in [0.2, 0.25) is 5.02 Å². The number of halogens is 1. The van der Waals surface area contributed by atoms with E-state index in [0.29, 0.717) is 65.0 Å². The van der Waals surface area contributed by atoms with Gasteiger partial charge in [0.05, 0.1) is 68.6 Å². The number of pyridine rings is 3. The largest absolute Gasteiger partial charge is 0.385 e. The number of hydrogen-bond acceptors (Lipinski definition) is 16. The number of methoxy groups -OCH3 is 1. The number of aromatic nitrogens is 21. The van der Waals surface area contributed by atoms with Crippen molar-refractivity contribution in [1.82, 2.24) is 102 Å². The standard InChI is InChI=1S/C20H24N8O2.C19H22N8O.C18H19ClN8O/c1-12-8-17(28(25-12)6-5-7-30-4)15-11-26(2)20(24-15)18-13-10-22-27(3)16(13)9-14(23-18)19(21)29;1-5-26-10-14(16-7-11(3)24-27(16)6-2)23-19(26)17-12-9-21-25(4)15(12)8-13(22-17)18(20)28;1-5-27-16(14(19)9(2)24-27)12-8-25(3)18(23-12)15-10-7-21-26(4)13(10)6-11(22-15)17(20)28/h8-11H,5-7H2,1-4H3,(H2,21,29);7-10H,5-6H2,1-4H3,(H2,20,28);6-8H,5H2,1-4H3,(H2,20,28). The number of aryl methyl sites for hydroxylation is 12. The first-order valence-corrected chi connectivity index (χ1v) is 27.8. The molecule has 0 atom stereocenters. The van der Waals surface area contributed by atoms with Crippen molar-refractivity contribution in [2.75, 3.05) is 13.7 Å². The molecule has 12 aromatic heterocycles. The second-order valence-corrected chi connectivity index (χ2v) is 20.8. The highest BCUT2D eigenvalue weighted by molar-refractivity contribution is 6.33. The van der Waals surface area contributed by atoms with Gasteiger partial charge in [-0.05, 0) is 78.3 Å². The van der Waals surface area contributed by atoms with E-state index in [1.54, 1.807) is 65.0 Å². The summed E-state index contributed by atoms with van der Waals surface area (Å²) in [5.41, 5.74) is 28.4. The fourth-order valence-electron chi connectivity index (χ4n) is 10.2. The molecule has 0 fully saturated rings. The minimum atomic E-state index is -0.610. The summed E-state index contributed by atoms with van der Waals surface area (Å²) in [6, 6.07) is 8.95. The van der Waals surface area contributed by atoms with E-state index in [1.807, 2.05) is 128 Å². The van der Waals surface area contributed by atoms with Crippen LogP contribution in [-0.2, 0) is 66.2 Å². The molecule has 3 amide bonds. The summed E-state index contributed by atoms with van der Waals surface area (Å²) in [7, 11) is 10.9. The van der Waals surface area contributed by atoms with Gasteiger partial charge in [-0.3, -0.25) is 42.5 Å². The first kappa shape index (κ1) is 59.0. The Morgan fingerprint density at radius 1 is 0.523 bits per heavy atom. The average molecular weight is 1190 g/mol. The minimum Gasteiger partial charge on any atom is -0.385 e. The third kappa shape index (κ3) is 11.1. The Balaban J connectivity index is 0.000000143. The number of fused-ring (bicyclic) bond motifs is 3. The lowest BCUT2D eigenvalue weighted by Gasteiger charge is -2.07. The van der Waals surface area contributed by atoms with E-state index < -0.39 is 17.7 Å². The van der Waals surface area contributed by atoms with Gasteiger partial charge in [0.15, 0.2) is 17.5 Å². The number of carbonyl (C=O) groups is 3. The van der Waals surface area contributed by atoms with Gasteiger partial charge in [-0.25, -0.2) is 29.9 Å². The highest BCUT2D eigenvalue weighted by Crippen LogP contribution is 2.35. The summed E-state index contributed by atoms with van der Waals surface area (Å²) in [6.07, 6.45) is 11.8. The van der Waals surface area contributed by atoms with Crippen molar-refractivity contribution in [2.24, 2.45) is 52.4 Å². The minimum absolute atomic E-state index is 0.156. The summed E-state index contributed by atoms with van der Waals surface area (Å²) >= 11 is 6.48. The summed E-state index contributed by atoms with van der Waals surface area (Å²) < 4.78 is 21.6. The molecular formula is C57H65ClN24O4. The molecule has 0 aromatic carbocycles. The number of ether oxygens (including phenoxy) is 1. The normalized spacial score (nSPS) is 11.5. The molecule has 0 saturated heterocycles. The second-order valence-electron chi connectivity index (χ2n) is 20.4. The zero-order valence-corrected chi connectivity index (χ0v) is 50.5. The van der Waals surface area contributed by atoms with Crippen LogP contribution in [0, 0.1) is 20.8 Å². The highest BCUT2D eigenvalue weighted by atomic mass is 35.5. The van der Waals surface area contributed by atoms with Crippen LogP contribution in [0.25, 0.3) is 101 Å². The van der Waals surface area contributed by atoms with Crippen molar-refractivity contribution in [2.45, 2.75) is 74.1 Å². The Labute approximate surface area is 497 Å². The quantitative estimate of drug-likeness (QED) is 0.0916. The van der Waals surface area contributed by atoms with Crippen LogP contribution in [0.1, 0.15) is 75.7 Å². The molecule has 0 aliphatic heterocycles. The zero-order chi connectivity index (χ0) is 61.6. The lowest BCUT2D eigenvalue weighted by atomic mass is 10.2. The molecule has 12 heterocycles. The summed E-state index contributed by atoms with van der Waals surface area (Å²) in [5.74, 6) is 0.0724. The Morgan fingerprint density at radius 2 is 0.942 bits per heavy atom.